The van der Waals surface area contributed by atoms with Gasteiger partial charge in [0.1, 0.15) is 0 Å². The number of rotatable bonds is 4. The van der Waals surface area contributed by atoms with Gasteiger partial charge in [0, 0.05) is 24.6 Å². The van der Waals surface area contributed by atoms with Gasteiger partial charge < -0.3 is 4.90 Å². The number of carbonyl (C=O) groups excluding carboxylic acids is 1. The third-order valence-electron chi connectivity index (χ3n) is 5.25. The second-order valence-corrected chi connectivity index (χ2v) is 7.10. The molecule has 3 aromatic carbocycles. The highest BCUT2D eigenvalue weighted by Crippen LogP contribution is 2.32. The van der Waals surface area contributed by atoms with Crippen LogP contribution >= 0.6 is 0 Å². The van der Waals surface area contributed by atoms with E-state index in [-0.39, 0.29) is 5.92 Å². The maximum atomic E-state index is 13.0. The van der Waals surface area contributed by atoms with Crippen LogP contribution in [0.5, 0.6) is 0 Å². The van der Waals surface area contributed by atoms with Crippen molar-refractivity contribution in [2.75, 3.05) is 13.6 Å². The van der Waals surface area contributed by atoms with E-state index in [1.807, 2.05) is 12.1 Å². The fourth-order valence-corrected chi connectivity index (χ4v) is 4.02. The van der Waals surface area contributed by atoms with Gasteiger partial charge in [-0.05, 0) is 41.8 Å². The Morgan fingerprint density at radius 1 is 0.960 bits per heavy atom. The van der Waals surface area contributed by atoms with Crippen LogP contribution in [0.15, 0.2) is 66.7 Å². The lowest BCUT2D eigenvalue weighted by Gasteiger charge is -2.28. The summed E-state index contributed by atoms with van der Waals surface area (Å²) in [5.41, 5.74) is 3.47. The van der Waals surface area contributed by atoms with Crippen molar-refractivity contribution in [1.29, 1.82) is 0 Å². The largest absolute Gasteiger partial charge is 0.301 e. The topological polar surface area (TPSA) is 20.3 Å². The molecule has 0 heterocycles. The summed E-state index contributed by atoms with van der Waals surface area (Å²) in [5, 5.41) is 2.47. The van der Waals surface area contributed by atoms with Crippen molar-refractivity contribution >= 4 is 16.6 Å². The van der Waals surface area contributed by atoms with Gasteiger partial charge in [-0.3, -0.25) is 4.79 Å². The number of hydrogen-bond donors (Lipinski definition) is 0. The second kappa shape index (κ2) is 6.81. The molecular formula is C23H23NO. The fraction of sp³-hybridized carbons (Fsp3) is 0.261. The standard InChI is InChI=1S/C23H23NO/c1-24(15-17-7-3-2-4-8-17)16-19-12-13-21-20-10-6-5-9-18(20)11-14-22(21)23(19)25/h2-11,14,19H,12-13,15-16H2,1H3. The Hall–Kier alpha value is -2.45. The van der Waals surface area contributed by atoms with E-state index in [2.05, 4.69) is 66.5 Å². The lowest BCUT2D eigenvalue weighted by atomic mass is 9.80. The molecule has 0 saturated heterocycles. The molecule has 0 aliphatic heterocycles. The minimum Gasteiger partial charge on any atom is -0.301 e. The molecule has 0 fully saturated rings. The first kappa shape index (κ1) is 16.0. The molecule has 126 valence electrons. The molecule has 0 N–H and O–H groups in total. The number of ketones is 1. The highest BCUT2D eigenvalue weighted by Gasteiger charge is 2.29. The highest BCUT2D eigenvalue weighted by atomic mass is 16.1. The molecule has 1 aliphatic rings. The third-order valence-corrected chi connectivity index (χ3v) is 5.25. The minimum atomic E-state index is 0.0994. The zero-order valence-corrected chi connectivity index (χ0v) is 14.6. The predicted molar refractivity (Wildman–Crippen MR) is 103 cm³/mol. The molecule has 1 atom stereocenters. The van der Waals surface area contributed by atoms with E-state index in [0.717, 1.165) is 31.5 Å². The summed E-state index contributed by atoms with van der Waals surface area (Å²) in [5.74, 6) is 0.411. The molecular weight excluding hydrogens is 306 g/mol. The van der Waals surface area contributed by atoms with E-state index in [0.29, 0.717) is 5.78 Å². The second-order valence-electron chi connectivity index (χ2n) is 7.10. The van der Waals surface area contributed by atoms with E-state index >= 15 is 0 Å². The maximum Gasteiger partial charge on any atom is 0.167 e. The molecule has 0 radical (unpaired) electrons. The molecule has 0 amide bonds. The van der Waals surface area contributed by atoms with Gasteiger partial charge in [-0.15, -0.1) is 0 Å². The molecule has 1 aliphatic carbocycles. The zero-order valence-electron chi connectivity index (χ0n) is 14.6. The number of Topliss-reactive ketones (excluding diaryl/α,β-unsaturated/α-hetero) is 1. The summed E-state index contributed by atoms with van der Waals surface area (Å²) >= 11 is 0. The van der Waals surface area contributed by atoms with Crippen LogP contribution in [0.25, 0.3) is 10.8 Å². The van der Waals surface area contributed by atoms with Crippen LogP contribution in [0.4, 0.5) is 0 Å². The summed E-state index contributed by atoms with van der Waals surface area (Å²) in [7, 11) is 2.11. The van der Waals surface area contributed by atoms with Gasteiger partial charge in [-0.1, -0.05) is 66.7 Å². The summed E-state index contributed by atoms with van der Waals surface area (Å²) in [6.45, 7) is 1.70. The van der Waals surface area contributed by atoms with E-state index in [9.17, 15) is 4.79 Å². The SMILES string of the molecule is CN(Cc1ccccc1)CC1CCc2c(ccc3ccccc23)C1=O. The third kappa shape index (κ3) is 3.22. The van der Waals surface area contributed by atoms with E-state index in [1.165, 1.54) is 21.9 Å². The Bertz CT molecular complexity index is 900. The average molecular weight is 329 g/mol. The highest BCUT2D eigenvalue weighted by molar-refractivity contribution is 6.05. The average Bonchev–Trinajstić information content (AvgIpc) is 2.64. The Kier molecular flexibility index (Phi) is 4.37. The van der Waals surface area contributed by atoms with E-state index in [1.54, 1.807) is 0 Å². The van der Waals surface area contributed by atoms with Crippen LogP contribution in [-0.4, -0.2) is 24.3 Å². The van der Waals surface area contributed by atoms with Crippen molar-refractivity contribution in [3.63, 3.8) is 0 Å². The lowest BCUT2D eigenvalue weighted by molar-refractivity contribution is 0.0867. The molecule has 1 unspecified atom stereocenters. The lowest BCUT2D eigenvalue weighted by Crippen LogP contribution is -2.33. The number of nitrogens with zero attached hydrogens (tertiary/aromatic N) is 1. The normalized spacial score (nSPS) is 17.0. The summed E-state index contributed by atoms with van der Waals surface area (Å²) in [6.07, 6.45) is 1.94. The quantitative estimate of drug-likeness (QED) is 0.690. The number of carbonyl (C=O) groups is 1. The number of fused-ring (bicyclic) bond motifs is 3. The molecule has 0 saturated carbocycles. The molecule has 3 aromatic rings. The smallest absolute Gasteiger partial charge is 0.167 e. The minimum absolute atomic E-state index is 0.0994. The van der Waals surface area contributed by atoms with E-state index < -0.39 is 0 Å². The maximum absolute atomic E-state index is 13.0. The van der Waals surface area contributed by atoms with Gasteiger partial charge in [0.15, 0.2) is 5.78 Å². The molecule has 25 heavy (non-hydrogen) atoms. The van der Waals surface area contributed by atoms with Gasteiger partial charge in [-0.25, -0.2) is 0 Å². The molecule has 0 bridgehead atoms. The van der Waals surface area contributed by atoms with Crippen LogP contribution in [0.3, 0.4) is 0 Å². The van der Waals surface area contributed by atoms with Crippen molar-refractivity contribution in [2.24, 2.45) is 5.92 Å². The van der Waals surface area contributed by atoms with E-state index in [4.69, 9.17) is 0 Å². The molecule has 0 aromatic heterocycles. The summed E-state index contributed by atoms with van der Waals surface area (Å²) in [6, 6.07) is 22.9. The van der Waals surface area contributed by atoms with Crippen LogP contribution in [0.1, 0.15) is 27.9 Å². The number of aryl methyl sites for hydroxylation is 1. The van der Waals surface area contributed by atoms with Crippen molar-refractivity contribution in [2.45, 2.75) is 19.4 Å². The Labute approximate surface area is 149 Å². The Balaban J connectivity index is 1.52. The number of hydrogen-bond acceptors (Lipinski definition) is 2. The van der Waals surface area contributed by atoms with Crippen molar-refractivity contribution in [3.8, 4) is 0 Å². The molecule has 2 heteroatoms. The van der Waals surface area contributed by atoms with Crippen LogP contribution < -0.4 is 0 Å². The van der Waals surface area contributed by atoms with Crippen molar-refractivity contribution in [1.82, 2.24) is 4.90 Å². The van der Waals surface area contributed by atoms with Crippen molar-refractivity contribution in [3.05, 3.63) is 83.4 Å². The zero-order chi connectivity index (χ0) is 17.2. The molecule has 0 spiro atoms. The van der Waals surface area contributed by atoms with Gasteiger partial charge in [0.25, 0.3) is 0 Å². The van der Waals surface area contributed by atoms with Gasteiger partial charge >= 0.3 is 0 Å². The van der Waals surface area contributed by atoms with Gasteiger partial charge in [0.2, 0.25) is 0 Å². The van der Waals surface area contributed by atoms with Gasteiger partial charge in [0.05, 0.1) is 0 Å². The monoisotopic (exact) mass is 329 g/mol. The van der Waals surface area contributed by atoms with Crippen LogP contribution in [0, 0.1) is 5.92 Å². The fourth-order valence-electron chi connectivity index (χ4n) is 4.02. The van der Waals surface area contributed by atoms with Crippen LogP contribution in [0.2, 0.25) is 0 Å². The van der Waals surface area contributed by atoms with Gasteiger partial charge in [-0.2, -0.15) is 0 Å². The number of benzene rings is 3. The first-order chi connectivity index (χ1) is 12.2. The van der Waals surface area contributed by atoms with Crippen LogP contribution in [-0.2, 0) is 13.0 Å². The summed E-state index contributed by atoms with van der Waals surface area (Å²) < 4.78 is 0. The first-order valence-corrected chi connectivity index (χ1v) is 8.99. The summed E-state index contributed by atoms with van der Waals surface area (Å²) in [4.78, 5) is 15.3. The first-order valence-electron chi connectivity index (χ1n) is 8.99. The molecule has 4 rings (SSSR count). The predicted octanol–water partition coefficient (Wildman–Crippen LogP) is 4.72. The Morgan fingerprint density at radius 3 is 2.56 bits per heavy atom. The Morgan fingerprint density at radius 2 is 1.72 bits per heavy atom. The molecule has 2 nitrogen and oxygen atoms in total. The van der Waals surface area contributed by atoms with Crippen molar-refractivity contribution < 1.29 is 4.79 Å².